The standard InChI is InChI=1S/C22H31N3O3/c26-21(17-8-4-5-9-17)23-20(16-6-2-1-3-7-16)10-11-24-12-18-14-25(22(27)28)15-19(18)13-24/h1-3,6-7,17-20H,4-5,8-15H2,(H,23,26)(H,27,28)/t18?,19?,20-/m0/s1. The predicted octanol–water partition coefficient (Wildman–Crippen LogP) is 2.97. The van der Waals surface area contributed by atoms with Crippen molar-refractivity contribution >= 4 is 12.0 Å². The molecule has 2 N–H and O–H groups in total. The maximum Gasteiger partial charge on any atom is 0.407 e. The minimum atomic E-state index is -0.792. The Kier molecular flexibility index (Phi) is 5.85. The molecule has 1 aromatic carbocycles. The van der Waals surface area contributed by atoms with Gasteiger partial charge in [0.1, 0.15) is 0 Å². The zero-order valence-electron chi connectivity index (χ0n) is 16.4. The Balaban J connectivity index is 1.33. The number of nitrogens with zero attached hydrogens (tertiary/aromatic N) is 2. The summed E-state index contributed by atoms with van der Waals surface area (Å²) in [6.07, 6.45) is 4.46. The summed E-state index contributed by atoms with van der Waals surface area (Å²) in [4.78, 5) is 27.9. The number of nitrogens with one attached hydrogen (secondary N) is 1. The number of amides is 2. The van der Waals surface area contributed by atoms with Crippen molar-refractivity contribution in [3.05, 3.63) is 35.9 Å². The molecular formula is C22H31N3O3. The van der Waals surface area contributed by atoms with Gasteiger partial charge < -0.3 is 20.2 Å². The lowest BCUT2D eigenvalue weighted by molar-refractivity contribution is -0.125. The fourth-order valence-corrected chi connectivity index (χ4v) is 5.23. The molecule has 6 heteroatoms. The second kappa shape index (κ2) is 8.52. The fourth-order valence-electron chi connectivity index (χ4n) is 5.23. The first kappa shape index (κ1) is 19.2. The average Bonchev–Trinajstić information content (AvgIpc) is 3.41. The number of carbonyl (C=O) groups excluding carboxylic acids is 1. The summed E-state index contributed by atoms with van der Waals surface area (Å²) in [6.45, 7) is 4.19. The van der Waals surface area contributed by atoms with Crippen LogP contribution in [0.4, 0.5) is 4.79 Å². The highest BCUT2D eigenvalue weighted by Crippen LogP contribution is 2.32. The summed E-state index contributed by atoms with van der Waals surface area (Å²) in [6, 6.07) is 10.3. The van der Waals surface area contributed by atoms with E-state index >= 15 is 0 Å². The lowest BCUT2D eigenvalue weighted by atomic mass is 10.0. The number of carboxylic acid groups (broad SMARTS) is 1. The summed E-state index contributed by atoms with van der Waals surface area (Å²) in [5, 5.41) is 12.5. The van der Waals surface area contributed by atoms with Crippen molar-refractivity contribution in [2.45, 2.75) is 38.1 Å². The summed E-state index contributed by atoms with van der Waals surface area (Å²) in [7, 11) is 0. The molecule has 1 saturated carbocycles. The van der Waals surface area contributed by atoms with Crippen LogP contribution in [-0.2, 0) is 4.79 Å². The van der Waals surface area contributed by atoms with Gasteiger partial charge in [0.2, 0.25) is 5.91 Å². The maximum absolute atomic E-state index is 12.7. The normalized spacial score (nSPS) is 26.4. The molecule has 2 aliphatic heterocycles. The first-order valence-corrected chi connectivity index (χ1v) is 10.7. The van der Waals surface area contributed by atoms with Gasteiger partial charge in [-0.15, -0.1) is 0 Å². The number of rotatable bonds is 6. The van der Waals surface area contributed by atoms with Crippen molar-refractivity contribution in [1.29, 1.82) is 0 Å². The number of hydrogen-bond acceptors (Lipinski definition) is 3. The summed E-state index contributed by atoms with van der Waals surface area (Å²) < 4.78 is 0. The Morgan fingerprint density at radius 3 is 2.29 bits per heavy atom. The van der Waals surface area contributed by atoms with E-state index in [4.69, 9.17) is 0 Å². The van der Waals surface area contributed by atoms with Crippen LogP contribution in [0.25, 0.3) is 0 Å². The molecule has 1 aromatic rings. The van der Waals surface area contributed by atoms with Crippen LogP contribution in [0.5, 0.6) is 0 Å². The zero-order chi connectivity index (χ0) is 19.5. The van der Waals surface area contributed by atoms with Gasteiger partial charge in [-0.25, -0.2) is 4.79 Å². The lowest BCUT2D eigenvalue weighted by Gasteiger charge is -2.25. The maximum atomic E-state index is 12.7. The third kappa shape index (κ3) is 4.32. The quantitative estimate of drug-likeness (QED) is 0.790. The van der Waals surface area contributed by atoms with E-state index in [1.54, 1.807) is 4.90 Å². The van der Waals surface area contributed by atoms with Gasteiger partial charge in [-0.1, -0.05) is 43.2 Å². The first-order valence-electron chi connectivity index (χ1n) is 10.7. The van der Waals surface area contributed by atoms with Crippen LogP contribution < -0.4 is 5.32 Å². The molecule has 2 unspecified atom stereocenters. The molecule has 0 aromatic heterocycles. The smallest absolute Gasteiger partial charge is 0.407 e. The molecule has 152 valence electrons. The third-order valence-electron chi connectivity index (χ3n) is 6.81. The molecule has 2 amide bonds. The highest BCUT2D eigenvalue weighted by atomic mass is 16.4. The highest BCUT2D eigenvalue weighted by molar-refractivity contribution is 5.79. The van der Waals surface area contributed by atoms with E-state index in [2.05, 4.69) is 22.3 Å². The zero-order valence-corrected chi connectivity index (χ0v) is 16.4. The average molecular weight is 386 g/mol. The Bertz CT molecular complexity index is 676. The molecule has 3 atom stereocenters. The molecule has 28 heavy (non-hydrogen) atoms. The second-order valence-electron chi connectivity index (χ2n) is 8.71. The van der Waals surface area contributed by atoms with E-state index in [9.17, 15) is 14.7 Å². The molecule has 4 rings (SSSR count). The van der Waals surface area contributed by atoms with Crippen molar-refractivity contribution < 1.29 is 14.7 Å². The molecule has 2 heterocycles. The molecule has 3 fully saturated rings. The topological polar surface area (TPSA) is 72.9 Å². The summed E-state index contributed by atoms with van der Waals surface area (Å²) in [5.74, 6) is 1.31. The number of benzene rings is 1. The Hall–Kier alpha value is -2.08. The number of likely N-dealkylation sites (tertiary alicyclic amines) is 2. The van der Waals surface area contributed by atoms with Gasteiger partial charge in [0.05, 0.1) is 6.04 Å². The van der Waals surface area contributed by atoms with Gasteiger partial charge in [-0.05, 0) is 36.7 Å². The largest absolute Gasteiger partial charge is 0.465 e. The van der Waals surface area contributed by atoms with Crippen LogP contribution in [0.15, 0.2) is 30.3 Å². The van der Waals surface area contributed by atoms with Gasteiger partial charge in [0.15, 0.2) is 0 Å². The van der Waals surface area contributed by atoms with E-state index in [0.717, 1.165) is 51.7 Å². The summed E-state index contributed by atoms with van der Waals surface area (Å²) >= 11 is 0. The molecule has 0 bridgehead atoms. The molecule has 3 aliphatic rings. The summed E-state index contributed by atoms with van der Waals surface area (Å²) in [5.41, 5.74) is 1.17. The van der Waals surface area contributed by atoms with Crippen LogP contribution in [0.1, 0.15) is 43.7 Å². The van der Waals surface area contributed by atoms with Gasteiger partial charge in [0, 0.05) is 38.6 Å². The predicted molar refractivity (Wildman–Crippen MR) is 107 cm³/mol. The molecular weight excluding hydrogens is 354 g/mol. The third-order valence-corrected chi connectivity index (χ3v) is 6.81. The molecule has 2 saturated heterocycles. The van der Waals surface area contributed by atoms with Crippen LogP contribution in [0.3, 0.4) is 0 Å². The Morgan fingerprint density at radius 1 is 1.04 bits per heavy atom. The number of carbonyl (C=O) groups is 2. The van der Waals surface area contributed by atoms with Crippen molar-refractivity contribution in [3.8, 4) is 0 Å². The van der Waals surface area contributed by atoms with Crippen LogP contribution in [0.2, 0.25) is 0 Å². The van der Waals surface area contributed by atoms with Crippen molar-refractivity contribution in [2.24, 2.45) is 17.8 Å². The van der Waals surface area contributed by atoms with E-state index in [1.165, 1.54) is 5.56 Å². The van der Waals surface area contributed by atoms with Crippen LogP contribution in [0, 0.1) is 17.8 Å². The van der Waals surface area contributed by atoms with E-state index in [1.807, 2.05) is 18.2 Å². The van der Waals surface area contributed by atoms with Gasteiger partial charge in [-0.2, -0.15) is 0 Å². The van der Waals surface area contributed by atoms with Crippen LogP contribution in [-0.4, -0.2) is 59.6 Å². The van der Waals surface area contributed by atoms with Crippen LogP contribution >= 0.6 is 0 Å². The monoisotopic (exact) mass is 385 g/mol. The van der Waals surface area contributed by atoms with Crippen molar-refractivity contribution in [1.82, 2.24) is 15.1 Å². The number of hydrogen-bond donors (Lipinski definition) is 2. The van der Waals surface area contributed by atoms with E-state index < -0.39 is 6.09 Å². The van der Waals surface area contributed by atoms with E-state index in [0.29, 0.717) is 24.9 Å². The molecule has 6 nitrogen and oxygen atoms in total. The Morgan fingerprint density at radius 2 is 1.68 bits per heavy atom. The van der Waals surface area contributed by atoms with Gasteiger partial charge >= 0.3 is 6.09 Å². The van der Waals surface area contributed by atoms with Gasteiger partial charge in [-0.3, -0.25) is 4.79 Å². The minimum Gasteiger partial charge on any atom is -0.465 e. The highest BCUT2D eigenvalue weighted by Gasteiger charge is 2.41. The second-order valence-corrected chi connectivity index (χ2v) is 8.71. The fraction of sp³-hybridized carbons (Fsp3) is 0.636. The molecule has 0 radical (unpaired) electrons. The molecule has 1 aliphatic carbocycles. The van der Waals surface area contributed by atoms with Crippen molar-refractivity contribution in [3.63, 3.8) is 0 Å². The lowest BCUT2D eigenvalue weighted by Crippen LogP contribution is -2.36. The minimum absolute atomic E-state index is 0.0465. The molecule has 0 spiro atoms. The van der Waals surface area contributed by atoms with Gasteiger partial charge in [0.25, 0.3) is 0 Å². The Labute approximate surface area is 166 Å². The SMILES string of the molecule is O=C(N[C@@H](CCN1CC2CN(C(=O)O)CC2C1)c1ccccc1)C1CCCC1. The number of fused-ring (bicyclic) bond motifs is 1. The first-order chi connectivity index (χ1) is 13.6. The van der Waals surface area contributed by atoms with Crippen molar-refractivity contribution in [2.75, 3.05) is 32.7 Å². The van der Waals surface area contributed by atoms with E-state index in [-0.39, 0.29) is 17.9 Å².